The molecular formula is C14H17F3N2O. The average Bonchev–Trinajstić information content (AvgIpc) is 2.76. The summed E-state index contributed by atoms with van der Waals surface area (Å²) in [5.74, 6) is 0. The first-order valence-corrected chi connectivity index (χ1v) is 6.36. The summed E-state index contributed by atoms with van der Waals surface area (Å²) < 4.78 is 42.4. The lowest BCUT2D eigenvalue weighted by molar-refractivity contribution is -0.174. The van der Waals surface area contributed by atoms with Gasteiger partial charge in [0.25, 0.3) is 0 Å². The van der Waals surface area contributed by atoms with Gasteiger partial charge in [0.15, 0.2) is 0 Å². The van der Waals surface area contributed by atoms with Gasteiger partial charge in [-0.05, 0) is 36.2 Å². The monoisotopic (exact) mass is 286 g/mol. The molecule has 1 N–H and O–H groups in total. The van der Waals surface area contributed by atoms with Crippen LogP contribution in [0.4, 0.5) is 13.2 Å². The Kier molecular flexibility index (Phi) is 4.67. The third-order valence-corrected chi connectivity index (χ3v) is 2.96. The highest BCUT2D eigenvalue weighted by molar-refractivity contribution is 5.80. The summed E-state index contributed by atoms with van der Waals surface area (Å²) in [5, 5.41) is 4.16. The number of nitrogens with one attached hydrogen (secondary N) is 1. The second-order valence-electron chi connectivity index (χ2n) is 4.60. The van der Waals surface area contributed by atoms with Crippen molar-refractivity contribution in [3.05, 3.63) is 36.0 Å². The van der Waals surface area contributed by atoms with Crippen molar-refractivity contribution in [1.82, 2.24) is 9.88 Å². The molecule has 0 amide bonds. The van der Waals surface area contributed by atoms with E-state index in [9.17, 15) is 13.2 Å². The van der Waals surface area contributed by atoms with E-state index in [1.807, 2.05) is 36.0 Å². The van der Waals surface area contributed by atoms with E-state index in [2.05, 4.69) is 16.1 Å². The van der Waals surface area contributed by atoms with Gasteiger partial charge in [-0.15, -0.1) is 0 Å². The van der Waals surface area contributed by atoms with E-state index in [1.54, 1.807) is 0 Å². The van der Waals surface area contributed by atoms with Gasteiger partial charge in [-0.1, -0.05) is 6.07 Å². The Labute approximate surface area is 115 Å². The minimum Gasteiger partial charge on any atom is -0.370 e. The van der Waals surface area contributed by atoms with E-state index < -0.39 is 12.8 Å². The number of fused-ring (bicyclic) bond motifs is 1. The summed E-state index contributed by atoms with van der Waals surface area (Å²) in [4.78, 5) is 0. The van der Waals surface area contributed by atoms with Crippen LogP contribution in [0.25, 0.3) is 10.9 Å². The third kappa shape index (κ3) is 3.98. The average molecular weight is 286 g/mol. The Morgan fingerprint density at radius 3 is 2.75 bits per heavy atom. The second kappa shape index (κ2) is 6.28. The molecule has 0 radical (unpaired) electrons. The minimum atomic E-state index is -4.26. The Bertz CT molecular complexity index is 563. The number of nitrogens with zero attached hydrogens (tertiary/aromatic N) is 1. The molecule has 0 bridgehead atoms. The molecule has 0 aliphatic heterocycles. The van der Waals surface area contributed by atoms with Crippen molar-refractivity contribution in [2.75, 3.05) is 20.3 Å². The van der Waals surface area contributed by atoms with Gasteiger partial charge in [0.1, 0.15) is 6.61 Å². The molecule has 0 aliphatic carbocycles. The summed E-state index contributed by atoms with van der Waals surface area (Å²) in [5.41, 5.74) is 2.17. The molecule has 0 fully saturated rings. The van der Waals surface area contributed by atoms with E-state index >= 15 is 0 Å². The number of hydrogen-bond acceptors (Lipinski definition) is 2. The lowest BCUT2D eigenvalue weighted by Gasteiger charge is -2.09. The predicted molar refractivity (Wildman–Crippen MR) is 71.6 cm³/mol. The number of ether oxygens (including phenoxy) is 1. The first kappa shape index (κ1) is 14.9. The smallest absolute Gasteiger partial charge is 0.370 e. The van der Waals surface area contributed by atoms with Gasteiger partial charge >= 0.3 is 6.18 Å². The fourth-order valence-corrected chi connectivity index (χ4v) is 2.11. The van der Waals surface area contributed by atoms with Gasteiger partial charge in [-0.25, -0.2) is 0 Å². The highest BCUT2D eigenvalue weighted by Crippen LogP contribution is 2.18. The Morgan fingerprint density at radius 1 is 1.25 bits per heavy atom. The van der Waals surface area contributed by atoms with E-state index in [0.29, 0.717) is 6.54 Å². The maximum Gasteiger partial charge on any atom is 0.411 e. The molecule has 0 atom stereocenters. The van der Waals surface area contributed by atoms with Crippen molar-refractivity contribution in [3.8, 4) is 0 Å². The Hall–Kier alpha value is -1.53. The van der Waals surface area contributed by atoms with Crippen LogP contribution in [-0.4, -0.2) is 31.0 Å². The molecular weight excluding hydrogens is 269 g/mol. The second-order valence-corrected chi connectivity index (χ2v) is 4.60. The molecule has 2 aromatic rings. The number of hydrogen-bond donors (Lipinski definition) is 1. The molecule has 1 aromatic heterocycles. The summed E-state index contributed by atoms with van der Waals surface area (Å²) in [6.45, 7) is 0.0425. The zero-order chi connectivity index (χ0) is 14.6. The van der Waals surface area contributed by atoms with Crippen molar-refractivity contribution in [2.45, 2.75) is 19.3 Å². The van der Waals surface area contributed by atoms with Crippen LogP contribution in [0.5, 0.6) is 0 Å². The fraction of sp³-hybridized carbons (Fsp3) is 0.429. The van der Waals surface area contributed by atoms with Crippen LogP contribution in [0, 0.1) is 0 Å². The number of halogens is 3. The van der Waals surface area contributed by atoms with Crippen LogP contribution in [0.15, 0.2) is 30.5 Å². The van der Waals surface area contributed by atoms with Gasteiger partial charge in [0.2, 0.25) is 0 Å². The van der Waals surface area contributed by atoms with Gasteiger partial charge in [0, 0.05) is 24.8 Å². The summed E-state index contributed by atoms with van der Waals surface area (Å²) >= 11 is 0. The number of alkyl halides is 3. The fourth-order valence-electron chi connectivity index (χ4n) is 2.11. The van der Waals surface area contributed by atoms with Crippen molar-refractivity contribution in [2.24, 2.45) is 0 Å². The Balaban J connectivity index is 1.97. The number of rotatable bonds is 6. The molecule has 110 valence electrons. The molecule has 1 heterocycles. The quantitative estimate of drug-likeness (QED) is 0.826. The molecule has 2 rings (SSSR count). The molecule has 6 heteroatoms. The molecule has 3 nitrogen and oxygen atoms in total. The first-order chi connectivity index (χ1) is 9.49. The Morgan fingerprint density at radius 2 is 2.05 bits per heavy atom. The van der Waals surface area contributed by atoms with E-state index in [-0.39, 0.29) is 6.61 Å². The van der Waals surface area contributed by atoms with Crippen LogP contribution in [0.2, 0.25) is 0 Å². The number of benzene rings is 1. The van der Waals surface area contributed by atoms with Gasteiger partial charge in [-0.3, -0.25) is 0 Å². The molecule has 20 heavy (non-hydrogen) atoms. The standard InChI is InChI=1S/C14H17F3N2O/c1-18-9-11-2-3-13-12(8-11)4-5-19(13)6-7-20-10-14(15,16)17/h2-5,8,18H,6-7,9-10H2,1H3. The summed E-state index contributed by atoms with van der Waals surface area (Å²) in [7, 11) is 1.88. The zero-order valence-corrected chi connectivity index (χ0v) is 11.2. The van der Waals surface area contributed by atoms with Gasteiger partial charge in [0.05, 0.1) is 6.61 Å². The highest BCUT2D eigenvalue weighted by atomic mass is 19.4. The zero-order valence-electron chi connectivity index (χ0n) is 11.2. The van der Waals surface area contributed by atoms with E-state index in [1.165, 1.54) is 5.56 Å². The number of aromatic nitrogens is 1. The van der Waals surface area contributed by atoms with Crippen LogP contribution in [-0.2, 0) is 17.8 Å². The first-order valence-electron chi connectivity index (χ1n) is 6.36. The van der Waals surface area contributed by atoms with Crippen LogP contribution < -0.4 is 5.32 Å². The SMILES string of the molecule is CNCc1ccc2c(ccn2CCOCC(F)(F)F)c1. The minimum absolute atomic E-state index is 0.0432. The lowest BCUT2D eigenvalue weighted by Crippen LogP contribution is -2.18. The molecule has 0 aliphatic rings. The normalized spacial score (nSPS) is 12.2. The molecule has 0 spiro atoms. The van der Waals surface area contributed by atoms with Crippen LogP contribution >= 0.6 is 0 Å². The lowest BCUT2D eigenvalue weighted by atomic mass is 10.1. The van der Waals surface area contributed by atoms with Crippen LogP contribution in [0.3, 0.4) is 0 Å². The summed E-state index contributed by atoms with van der Waals surface area (Å²) in [6, 6.07) is 8.01. The molecule has 0 unspecified atom stereocenters. The predicted octanol–water partition coefficient (Wildman–Crippen LogP) is 2.94. The van der Waals surface area contributed by atoms with Gasteiger partial charge < -0.3 is 14.6 Å². The molecule has 0 saturated carbocycles. The maximum absolute atomic E-state index is 12.0. The highest BCUT2D eigenvalue weighted by Gasteiger charge is 2.27. The van der Waals surface area contributed by atoms with E-state index in [4.69, 9.17) is 0 Å². The third-order valence-electron chi connectivity index (χ3n) is 2.96. The molecule has 0 saturated heterocycles. The van der Waals surface area contributed by atoms with Crippen molar-refractivity contribution in [1.29, 1.82) is 0 Å². The maximum atomic E-state index is 12.0. The topological polar surface area (TPSA) is 26.2 Å². The largest absolute Gasteiger partial charge is 0.411 e. The molecule has 1 aromatic carbocycles. The van der Waals surface area contributed by atoms with E-state index in [0.717, 1.165) is 17.4 Å². The van der Waals surface area contributed by atoms with Crippen LogP contribution in [0.1, 0.15) is 5.56 Å². The van der Waals surface area contributed by atoms with Crippen molar-refractivity contribution >= 4 is 10.9 Å². The van der Waals surface area contributed by atoms with Crippen molar-refractivity contribution in [3.63, 3.8) is 0 Å². The van der Waals surface area contributed by atoms with Crippen molar-refractivity contribution < 1.29 is 17.9 Å². The van der Waals surface area contributed by atoms with Gasteiger partial charge in [-0.2, -0.15) is 13.2 Å². The summed E-state index contributed by atoms with van der Waals surface area (Å²) in [6.07, 6.45) is -2.40.